The molecule has 22 heavy (non-hydrogen) atoms. The molecule has 0 unspecified atom stereocenters. The molecule has 0 aliphatic rings. The predicted molar refractivity (Wildman–Crippen MR) is 86.4 cm³/mol. The van der Waals surface area contributed by atoms with Crippen molar-refractivity contribution in [2.45, 2.75) is 6.92 Å². The van der Waals surface area contributed by atoms with E-state index < -0.39 is 0 Å². The molecule has 0 aliphatic carbocycles. The Hall–Kier alpha value is -2.03. The Balaban J connectivity index is 0.000000882. The number of benzene rings is 3. The largest absolute Gasteiger partial charge is 0.358 e. The van der Waals surface area contributed by atoms with Crippen LogP contribution in [0, 0.1) is 20.4 Å². The van der Waals surface area contributed by atoms with Crippen LogP contribution in [-0.2, 0) is 20.1 Å². The third-order valence-corrected chi connectivity index (χ3v) is 3.44. The Morgan fingerprint density at radius 3 is 2.55 bits per heavy atom. The summed E-state index contributed by atoms with van der Waals surface area (Å²) >= 11 is 0. The summed E-state index contributed by atoms with van der Waals surface area (Å²) < 4.78 is 0. The first kappa shape index (κ1) is 16.3. The van der Waals surface area contributed by atoms with E-state index >= 15 is 0 Å². The van der Waals surface area contributed by atoms with Gasteiger partial charge in [0.1, 0.15) is 11.0 Å². The zero-order chi connectivity index (χ0) is 13.5. The van der Waals surface area contributed by atoms with Gasteiger partial charge in [-0.1, -0.05) is 37.3 Å². The van der Waals surface area contributed by atoms with Crippen LogP contribution in [0.25, 0.3) is 27.5 Å². The molecule has 0 fully saturated rings. The Morgan fingerprint density at radius 1 is 0.955 bits per heavy atom. The Kier molecular flexibility index (Phi) is 4.74. The van der Waals surface area contributed by atoms with E-state index in [4.69, 9.17) is 0 Å². The third-order valence-electron chi connectivity index (χ3n) is 3.44. The van der Waals surface area contributed by atoms with Crippen molar-refractivity contribution < 1.29 is 20.1 Å². The van der Waals surface area contributed by atoms with E-state index in [0.29, 0.717) is 0 Å². The number of aryl methyl sites for hydroxylation is 1. The topological polar surface area (TPSA) is 30.7 Å². The average Bonchev–Trinajstić information content (AvgIpc) is 2.92. The summed E-state index contributed by atoms with van der Waals surface area (Å²) in [6.07, 6.45) is 0. The molecule has 0 amide bonds. The average molecular weight is 466 g/mol. The van der Waals surface area contributed by atoms with Crippen molar-refractivity contribution in [3.8, 4) is 5.69 Å². The molecule has 0 spiro atoms. The smallest absolute Gasteiger partial charge is 0.121 e. The quantitative estimate of drug-likeness (QED) is 0.396. The van der Waals surface area contributed by atoms with Crippen LogP contribution in [-0.4, -0.2) is 15.0 Å². The second kappa shape index (κ2) is 6.39. The minimum Gasteiger partial charge on any atom is -0.358 e. The molecule has 4 rings (SSSR count). The van der Waals surface area contributed by atoms with Gasteiger partial charge in [-0.05, 0) is 17.1 Å². The molecular formula is C18H15IrN3-2. The van der Waals surface area contributed by atoms with Crippen molar-refractivity contribution in [1.29, 1.82) is 0 Å². The molecule has 0 bridgehead atoms. The summed E-state index contributed by atoms with van der Waals surface area (Å²) in [7, 11) is 0. The molecular weight excluding hydrogens is 450 g/mol. The van der Waals surface area contributed by atoms with Gasteiger partial charge < -0.3 is 7.43 Å². The number of hydrogen-bond donors (Lipinski definition) is 0. The van der Waals surface area contributed by atoms with Crippen molar-refractivity contribution in [3.63, 3.8) is 0 Å². The fourth-order valence-electron chi connectivity index (χ4n) is 2.38. The van der Waals surface area contributed by atoms with Gasteiger partial charge in [0.25, 0.3) is 0 Å². The zero-order valence-corrected chi connectivity index (χ0v) is 14.8. The van der Waals surface area contributed by atoms with Gasteiger partial charge in [-0.3, -0.25) is 0 Å². The van der Waals surface area contributed by atoms with Gasteiger partial charge in [-0.2, -0.15) is 33.7 Å². The van der Waals surface area contributed by atoms with E-state index in [-0.39, 0.29) is 27.5 Å². The van der Waals surface area contributed by atoms with Crippen molar-refractivity contribution in [1.82, 2.24) is 15.0 Å². The molecule has 113 valence electrons. The van der Waals surface area contributed by atoms with Crippen LogP contribution in [0.1, 0.15) is 5.56 Å². The Labute approximate surface area is 143 Å². The maximum atomic E-state index is 4.62. The van der Waals surface area contributed by atoms with Crippen molar-refractivity contribution >= 4 is 21.8 Å². The summed E-state index contributed by atoms with van der Waals surface area (Å²) in [6, 6.07) is 21.5. The molecule has 1 radical (unpaired) electrons. The van der Waals surface area contributed by atoms with Crippen LogP contribution >= 0.6 is 0 Å². The van der Waals surface area contributed by atoms with E-state index in [0.717, 1.165) is 22.1 Å². The van der Waals surface area contributed by atoms with Crippen LogP contribution in [0.5, 0.6) is 0 Å². The summed E-state index contributed by atoms with van der Waals surface area (Å²) in [6.45, 7) is 2.04. The number of aromatic nitrogens is 3. The third kappa shape index (κ3) is 2.68. The van der Waals surface area contributed by atoms with Crippen LogP contribution in [0.4, 0.5) is 0 Å². The molecule has 1 heterocycles. The van der Waals surface area contributed by atoms with Gasteiger partial charge in [-0.25, -0.2) is 0 Å². The molecule has 1 aromatic heterocycles. The SMILES string of the molecule is Cc1c[c-]c(-n2nc3ccc4ccccc4c3n2)cc1.[CH3-].[Ir]. The van der Waals surface area contributed by atoms with Gasteiger partial charge in [0.2, 0.25) is 0 Å². The summed E-state index contributed by atoms with van der Waals surface area (Å²) in [4.78, 5) is 1.65. The van der Waals surface area contributed by atoms with Crippen molar-refractivity contribution in [3.05, 3.63) is 73.7 Å². The fraction of sp³-hybridized carbons (Fsp3) is 0.0556. The van der Waals surface area contributed by atoms with E-state index in [1.54, 1.807) is 4.80 Å². The second-order valence-electron chi connectivity index (χ2n) is 4.90. The second-order valence-corrected chi connectivity index (χ2v) is 4.90. The summed E-state index contributed by atoms with van der Waals surface area (Å²) in [5.74, 6) is 0. The van der Waals surface area contributed by atoms with Gasteiger partial charge in [0, 0.05) is 25.5 Å². The van der Waals surface area contributed by atoms with Crippen LogP contribution < -0.4 is 0 Å². The maximum Gasteiger partial charge on any atom is 0.121 e. The normalized spacial score (nSPS) is 10.2. The van der Waals surface area contributed by atoms with Gasteiger partial charge in [-0.15, -0.1) is 11.2 Å². The van der Waals surface area contributed by atoms with Crippen molar-refractivity contribution in [2.75, 3.05) is 0 Å². The number of nitrogens with zero attached hydrogens (tertiary/aromatic N) is 3. The van der Waals surface area contributed by atoms with Crippen molar-refractivity contribution in [2.24, 2.45) is 0 Å². The minimum atomic E-state index is 0. The van der Waals surface area contributed by atoms with E-state index in [1.807, 2.05) is 43.3 Å². The molecule has 4 heteroatoms. The molecule has 0 saturated carbocycles. The molecule has 0 saturated heterocycles. The molecule has 0 N–H and O–H groups in total. The molecule has 4 aromatic rings. The standard InChI is InChI=1S/C17H12N3.CH3.Ir/c1-12-6-9-14(10-7-12)20-18-16-11-8-13-4-2-3-5-15(13)17(16)19-20;;/h2-9,11H,1H3;1H3;/q2*-1;. The fourth-order valence-corrected chi connectivity index (χ4v) is 2.38. The number of fused-ring (bicyclic) bond motifs is 3. The molecule has 0 atom stereocenters. The monoisotopic (exact) mass is 466 g/mol. The Bertz CT molecular complexity index is 911. The summed E-state index contributed by atoms with van der Waals surface area (Å²) in [5, 5.41) is 11.5. The van der Waals surface area contributed by atoms with Crippen LogP contribution in [0.2, 0.25) is 0 Å². The molecule has 3 nitrogen and oxygen atoms in total. The van der Waals surface area contributed by atoms with Gasteiger partial charge >= 0.3 is 0 Å². The van der Waals surface area contributed by atoms with Crippen LogP contribution in [0.3, 0.4) is 0 Å². The minimum absolute atomic E-state index is 0. The van der Waals surface area contributed by atoms with Crippen LogP contribution in [0.15, 0.2) is 54.6 Å². The van der Waals surface area contributed by atoms with Gasteiger partial charge in [0.15, 0.2) is 0 Å². The predicted octanol–water partition coefficient (Wildman–Crippen LogP) is 4.13. The van der Waals surface area contributed by atoms with E-state index in [2.05, 4.69) is 34.5 Å². The number of hydrogen-bond acceptors (Lipinski definition) is 2. The maximum absolute atomic E-state index is 4.62. The van der Waals surface area contributed by atoms with E-state index in [1.165, 1.54) is 10.9 Å². The Morgan fingerprint density at radius 2 is 1.77 bits per heavy atom. The first-order chi connectivity index (χ1) is 9.81. The number of rotatable bonds is 1. The molecule has 3 aromatic carbocycles. The summed E-state index contributed by atoms with van der Waals surface area (Å²) in [5.41, 5.74) is 3.86. The zero-order valence-electron chi connectivity index (χ0n) is 12.4. The first-order valence-corrected chi connectivity index (χ1v) is 6.55. The van der Waals surface area contributed by atoms with E-state index in [9.17, 15) is 0 Å². The molecule has 0 aliphatic heterocycles. The first-order valence-electron chi connectivity index (χ1n) is 6.55. The van der Waals surface area contributed by atoms with Gasteiger partial charge in [0.05, 0.1) is 0 Å².